The summed E-state index contributed by atoms with van der Waals surface area (Å²) in [6.07, 6.45) is 4.73. The normalized spacial score (nSPS) is 18.8. The predicted molar refractivity (Wildman–Crippen MR) is 122 cm³/mol. The lowest BCUT2D eigenvalue weighted by atomic mass is 9.93. The van der Waals surface area contributed by atoms with Crippen LogP contribution in [0, 0.1) is 12.7 Å². The molecular weight excluding hydrogens is 407 g/mol. The summed E-state index contributed by atoms with van der Waals surface area (Å²) in [5.74, 6) is 0.312. The van der Waals surface area contributed by atoms with Crippen LogP contribution in [0.1, 0.15) is 55.8 Å². The Labute approximate surface area is 188 Å². The second-order valence-corrected chi connectivity index (χ2v) is 8.82. The van der Waals surface area contributed by atoms with Crippen molar-refractivity contribution in [1.29, 1.82) is 0 Å². The number of amides is 2. The van der Waals surface area contributed by atoms with E-state index in [1.165, 1.54) is 12.1 Å². The molecule has 0 aliphatic carbocycles. The van der Waals surface area contributed by atoms with Gasteiger partial charge in [-0.1, -0.05) is 0 Å². The van der Waals surface area contributed by atoms with E-state index in [2.05, 4.69) is 5.32 Å². The minimum Gasteiger partial charge on any atom is -0.355 e. The Bertz CT molecular complexity index is 963. The molecule has 3 heterocycles. The first kappa shape index (κ1) is 22.2. The van der Waals surface area contributed by atoms with E-state index in [-0.39, 0.29) is 23.5 Å². The highest BCUT2D eigenvalue weighted by Crippen LogP contribution is 2.29. The Hall–Kier alpha value is -2.96. The van der Waals surface area contributed by atoms with Gasteiger partial charge in [0.15, 0.2) is 0 Å². The van der Waals surface area contributed by atoms with Crippen LogP contribution in [0.25, 0.3) is 0 Å². The fraction of sp³-hybridized carbons (Fsp3) is 0.480. The first-order valence-electron chi connectivity index (χ1n) is 11.5. The zero-order valence-electron chi connectivity index (χ0n) is 18.6. The minimum absolute atomic E-state index is 0.165. The minimum atomic E-state index is -0.263. The molecule has 0 radical (unpaired) electrons. The summed E-state index contributed by atoms with van der Waals surface area (Å²) in [6.45, 7) is 4.93. The number of aryl methyl sites for hydroxylation is 1. The molecule has 0 saturated carbocycles. The second-order valence-electron chi connectivity index (χ2n) is 8.82. The van der Waals surface area contributed by atoms with Crippen molar-refractivity contribution in [2.75, 3.05) is 31.5 Å². The van der Waals surface area contributed by atoms with Gasteiger partial charge in [0.1, 0.15) is 5.82 Å². The van der Waals surface area contributed by atoms with Gasteiger partial charge in [-0.2, -0.15) is 0 Å². The summed E-state index contributed by atoms with van der Waals surface area (Å²) in [7, 11) is 0. The number of pyridine rings is 1. The molecule has 6 nitrogen and oxygen atoms in total. The lowest BCUT2D eigenvalue weighted by molar-refractivity contribution is -0.133. The Morgan fingerprint density at radius 3 is 2.72 bits per heavy atom. The number of carbonyl (C=O) groups is 2. The smallest absolute Gasteiger partial charge is 0.222 e. The highest BCUT2D eigenvalue weighted by molar-refractivity contribution is 5.78. The Morgan fingerprint density at radius 1 is 1.16 bits per heavy atom. The topological polar surface area (TPSA) is 65.5 Å². The number of halogens is 1. The van der Waals surface area contributed by atoms with E-state index in [9.17, 15) is 14.0 Å². The third-order valence-corrected chi connectivity index (χ3v) is 6.29. The third kappa shape index (κ3) is 5.64. The van der Waals surface area contributed by atoms with E-state index >= 15 is 0 Å². The van der Waals surface area contributed by atoms with Crippen molar-refractivity contribution in [1.82, 2.24) is 14.8 Å². The summed E-state index contributed by atoms with van der Waals surface area (Å²) in [5, 5.41) is 3.32. The highest BCUT2D eigenvalue weighted by atomic mass is 19.1. The van der Waals surface area contributed by atoms with E-state index in [4.69, 9.17) is 4.98 Å². The van der Waals surface area contributed by atoms with E-state index < -0.39 is 0 Å². The maximum Gasteiger partial charge on any atom is 0.222 e. The average Bonchev–Trinajstić information content (AvgIpc) is 3.19. The van der Waals surface area contributed by atoms with Gasteiger partial charge in [-0.3, -0.25) is 14.6 Å². The molecule has 1 aromatic heterocycles. The molecule has 170 valence electrons. The number of hydrogen-bond acceptors (Lipinski definition) is 4. The number of benzene rings is 1. The maximum atomic E-state index is 13.2. The van der Waals surface area contributed by atoms with Crippen molar-refractivity contribution in [3.05, 3.63) is 53.6 Å². The number of nitrogens with zero attached hydrogens (tertiary/aromatic N) is 3. The molecule has 2 aliphatic heterocycles. The van der Waals surface area contributed by atoms with Gasteiger partial charge in [-0.15, -0.1) is 0 Å². The van der Waals surface area contributed by atoms with Gasteiger partial charge in [-0.25, -0.2) is 4.39 Å². The number of carbonyl (C=O) groups excluding carboxylic acids is 2. The van der Waals surface area contributed by atoms with Gasteiger partial charge in [0.05, 0.1) is 0 Å². The number of rotatable bonds is 7. The predicted octanol–water partition coefficient (Wildman–Crippen LogP) is 4.38. The molecule has 2 fully saturated rings. The number of hydrogen-bond donors (Lipinski definition) is 1. The van der Waals surface area contributed by atoms with Crippen molar-refractivity contribution in [3.63, 3.8) is 0 Å². The van der Waals surface area contributed by atoms with Crippen LogP contribution in [-0.2, 0) is 9.59 Å². The molecule has 0 spiro atoms. The molecule has 2 aromatic rings. The number of anilines is 2. The summed E-state index contributed by atoms with van der Waals surface area (Å²) in [5.41, 5.74) is 3.62. The summed E-state index contributed by atoms with van der Waals surface area (Å²) in [4.78, 5) is 33.1. The molecule has 2 amide bonds. The molecule has 1 atom stereocenters. The van der Waals surface area contributed by atoms with Crippen LogP contribution in [0.2, 0.25) is 0 Å². The molecule has 1 N–H and O–H groups in total. The van der Waals surface area contributed by atoms with Gasteiger partial charge in [0.2, 0.25) is 11.8 Å². The first-order chi connectivity index (χ1) is 15.5. The molecular formula is C25H31FN4O2. The van der Waals surface area contributed by atoms with Crippen LogP contribution in [-0.4, -0.2) is 52.8 Å². The molecule has 1 aromatic carbocycles. The van der Waals surface area contributed by atoms with Crippen molar-refractivity contribution in [3.8, 4) is 0 Å². The van der Waals surface area contributed by atoms with Crippen LogP contribution >= 0.6 is 0 Å². The number of aromatic nitrogens is 1. The molecule has 32 heavy (non-hydrogen) atoms. The lowest BCUT2D eigenvalue weighted by Crippen LogP contribution is -2.39. The second kappa shape index (κ2) is 10.1. The number of likely N-dealkylation sites (tertiary alicyclic amines) is 2. The quantitative estimate of drug-likeness (QED) is 0.697. The van der Waals surface area contributed by atoms with Gasteiger partial charge in [-0.05, 0) is 69.0 Å². The first-order valence-corrected chi connectivity index (χ1v) is 11.5. The summed E-state index contributed by atoms with van der Waals surface area (Å²) in [6, 6.07) is 10.3. The van der Waals surface area contributed by atoms with Crippen LogP contribution in [0.4, 0.5) is 15.8 Å². The Balaban J connectivity index is 1.35. The van der Waals surface area contributed by atoms with Crippen LogP contribution in [0.15, 0.2) is 36.4 Å². The van der Waals surface area contributed by atoms with Crippen LogP contribution in [0.5, 0.6) is 0 Å². The zero-order chi connectivity index (χ0) is 22.5. The van der Waals surface area contributed by atoms with Gasteiger partial charge in [0.25, 0.3) is 0 Å². The largest absolute Gasteiger partial charge is 0.355 e. The van der Waals surface area contributed by atoms with Gasteiger partial charge < -0.3 is 15.1 Å². The maximum absolute atomic E-state index is 13.2. The fourth-order valence-corrected chi connectivity index (χ4v) is 4.64. The van der Waals surface area contributed by atoms with E-state index in [1.807, 2.05) is 28.9 Å². The number of nitrogens with one attached hydrogen (secondary N) is 1. The van der Waals surface area contributed by atoms with E-state index in [1.54, 1.807) is 12.1 Å². The van der Waals surface area contributed by atoms with E-state index in [0.717, 1.165) is 61.5 Å². The molecule has 2 saturated heterocycles. The lowest BCUT2D eigenvalue weighted by Gasteiger charge is -2.33. The van der Waals surface area contributed by atoms with E-state index in [0.29, 0.717) is 25.9 Å². The third-order valence-electron chi connectivity index (χ3n) is 6.29. The molecule has 7 heteroatoms. The number of piperidine rings is 1. The summed E-state index contributed by atoms with van der Waals surface area (Å²) < 4.78 is 13.2. The Morgan fingerprint density at radius 2 is 1.97 bits per heavy atom. The van der Waals surface area contributed by atoms with Crippen LogP contribution in [0.3, 0.4) is 0 Å². The molecule has 2 aliphatic rings. The van der Waals surface area contributed by atoms with Crippen molar-refractivity contribution < 1.29 is 14.0 Å². The van der Waals surface area contributed by atoms with Crippen LogP contribution < -0.4 is 5.32 Å². The fourth-order valence-electron chi connectivity index (χ4n) is 4.64. The monoisotopic (exact) mass is 438 g/mol. The van der Waals surface area contributed by atoms with Gasteiger partial charge >= 0.3 is 0 Å². The standard InChI is InChI=1S/C25H31FN4O2/c1-18-15-22(28-21-10-8-20(26)9-11-21)16-23(27-18)19-5-2-14-30(17-19)25(32)7-4-13-29-12-3-6-24(29)31/h8-11,15-16,19H,2-7,12-14,17H2,1H3,(H,27,28)/t19-/m0/s1. The van der Waals surface area contributed by atoms with Crippen molar-refractivity contribution in [2.24, 2.45) is 0 Å². The van der Waals surface area contributed by atoms with Gasteiger partial charge in [0, 0.05) is 67.7 Å². The molecule has 4 rings (SSSR count). The Kier molecular flexibility index (Phi) is 7.02. The summed E-state index contributed by atoms with van der Waals surface area (Å²) >= 11 is 0. The SMILES string of the molecule is Cc1cc(Nc2ccc(F)cc2)cc([C@H]2CCCN(C(=O)CCCN3CCCC3=O)C2)n1. The molecule has 0 unspecified atom stereocenters. The van der Waals surface area contributed by atoms with Crippen molar-refractivity contribution >= 4 is 23.2 Å². The van der Waals surface area contributed by atoms with Crippen molar-refractivity contribution in [2.45, 2.75) is 51.4 Å². The zero-order valence-corrected chi connectivity index (χ0v) is 18.6. The average molecular weight is 439 g/mol. The highest BCUT2D eigenvalue weighted by Gasteiger charge is 2.26. The molecule has 0 bridgehead atoms.